The van der Waals surface area contributed by atoms with Crippen molar-refractivity contribution in [3.05, 3.63) is 51.1 Å². The number of methoxy groups -OCH3 is 2. The normalized spacial score (nSPS) is 12.0. The molecular formula is C20H27N3O3S. The zero-order valence-electron chi connectivity index (χ0n) is 16.5. The first-order chi connectivity index (χ1) is 12.9. The van der Waals surface area contributed by atoms with Crippen LogP contribution in [0.4, 0.5) is 11.5 Å². The molecule has 0 aliphatic carbocycles. The van der Waals surface area contributed by atoms with E-state index in [0.717, 1.165) is 28.1 Å². The smallest absolute Gasteiger partial charge is 0.294 e. The third kappa shape index (κ3) is 5.22. The molecule has 0 saturated carbocycles. The van der Waals surface area contributed by atoms with Crippen LogP contribution in [0.5, 0.6) is 0 Å². The molecule has 146 valence electrons. The molecule has 0 fully saturated rings. The van der Waals surface area contributed by atoms with E-state index in [4.69, 9.17) is 21.7 Å². The Hall–Kier alpha value is -2.09. The summed E-state index contributed by atoms with van der Waals surface area (Å²) in [6.07, 6.45) is 2.43. The molecule has 1 aromatic carbocycles. The topological polar surface area (TPSA) is 65.4 Å². The summed E-state index contributed by atoms with van der Waals surface area (Å²) in [5.41, 5.74) is 4.33. The van der Waals surface area contributed by atoms with Crippen molar-refractivity contribution in [2.75, 3.05) is 32.8 Å². The third-order valence-corrected chi connectivity index (χ3v) is 4.59. The quantitative estimate of drug-likeness (QED) is 0.663. The van der Waals surface area contributed by atoms with E-state index in [1.165, 1.54) is 0 Å². The predicted octanol–water partition coefficient (Wildman–Crippen LogP) is 3.48. The van der Waals surface area contributed by atoms with Gasteiger partial charge in [0.15, 0.2) is 5.82 Å². The second-order valence-corrected chi connectivity index (χ2v) is 6.86. The van der Waals surface area contributed by atoms with Crippen LogP contribution < -0.4 is 10.9 Å². The third-order valence-electron chi connectivity index (χ3n) is 4.34. The summed E-state index contributed by atoms with van der Waals surface area (Å²) in [5, 5.41) is 4.82. The van der Waals surface area contributed by atoms with Crippen molar-refractivity contribution < 1.29 is 9.47 Å². The van der Waals surface area contributed by atoms with Crippen molar-refractivity contribution in [1.82, 2.24) is 9.55 Å². The van der Waals surface area contributed by atoms with Crippen molar-refractivity contribution >= 4 is 29.1 Å². The number of hydrogen-bond acceptors (Lipinski definition) is 6. The molecule has 1 atom stereocenters. The Balaban J connectivity index is 2.49. The minimum absolute atomic E-state index is 0.131. The van der Waals surface area contributed by atoms with E-state index in [1.54, 1.807) is 30.4 Å². The van der Waals surface area contributed by atoms with E-state index in [0.29, 0.717) is 19.6 Å². The zero-order chi connectivity index (χ0) is 20.0. The Labute approximate surface area is 165 Å². The number of aryl methyl sites for hydroxylation is 3. The molecule has 27 heavy (non-hydrogen) atoms. The van der Waals surface area contributed by atoms with Gasteiger partial charge in [-0.25, -0.2) is 4.98 Å². The molecule has 1 N–H and O–H groups in total. The molecule has 0 amide bonds. The second-order valence-electron chi connectivity index (χ2n) is 6.62. The fraction of sp³-hybridized carbons (Fsp3) is 0.450. The van der Waals surface area contributed by atoms with Gasteiger partial charge in [0.05, 0.1) is 24.0 Å². The Kier molecular flexibility index (Phi) is 7.65. The molecule has 7 heteroatoms. The van der Waals surface area contributed by atoms with Crippen molar-refractivity contribution in [3.8, 4) is 0 Å². The number of rotatable bonds is 9. The highest BCUT2D eigenvalue weighted by molar-refractivity contribution is 7.79. The maximum absolute atomic E-state index is 13.1. The van der Waals surface area contributed by atoms with E-state index in [9.17, 15) is 4.79 Å². The SMILES string of the molecule is COCCC(COC)n1cc(C)nc(Nc2c(C)cc(C)cc2C=S)c1=O. The molecule has 0 radical (unpaired) electrons. The van der Waals surface area contributed by atoms with E-state index < -0.39 is 0 Å². The summed E-state index contributed by atoms with van der Waals surface area (Å²) >= 11 is 5.15. The fourth-order valence-electron chi connectivity index (χ4n) is 3.12. The zero-order valence-corrected chi connectivity index (χ0v) is 17.4. The molecule has 1 unspecified atom stereocenters. The molecule has 6 nitrogen and oxygen atoms in total. The molecule has 0 aliphatic heterocycles. The molecular weight excluding hydrogens is 362 g/mol. The van der Waals surface area contributed by atoms with Crippen LogP contribution in [0.1, 0.15) is 34.8 Å². The van der Waals surface area contributed by atoms with Crippen LogP contribution in [0, 0.1) is 20.8 Å². The minimum Gasteiger partial charge on any atom is -0.385 e. The van der Waals surface area contributed by atoms with Gasteiger partial charge in [0.1, 0.15) is 0 Å². The van der Waals surface area contributed by atoms with Crippen LogP contribution in [0.25, 0.3) is 0 Å². The highest BCUT2D eigenvalue weighted by Gasteiger charge is 2.17. The van der Waals surface area contributed by atoms with E-state index in [1.807, 2.05) is 32.9 Å². The van der Waals surface area contributed by atoms with Gasteiger partial charge in [-0.2, -0.15) is 0 Å². The number of ether oxygens (including phenoxy) is 2. The summed E-state index contributed by atoms with van der Waals surface area (Å²) in [6, 6.07) is 3.91. The van der Waals surface area contributed by atoms with Crippen molar-refractivity contribution in [1.29, 1.82) is 0 Å². The molecule has 0 saturated heterocycles. The Morgan fingerprint density at radius 2 is 2.00 bits per heavy atom. The van der Waals surface area contributed by atoms with Crippen LogP contribution in [0.3, 0.4) is 0 Å². The summed E-state index contributed by atoms with van der Waals surface area (Å²) in [4.78, 5) is 17.5. The summed E-state index contributed by atoms with van der Waals surface area (Å²) < 4.78 is 12.2. The standard InChI is InChI=1S/C20H27N3O3S/c1-13-8-14(2)18(16(9-13)12-27)22-19-20(24)23(10-15(3)21-19)17(11-26-5)6-7-25-4/h8-10,12,17H,6-7,11H2,1-5H3,(H,21,22). The highest BCUT2D eigenvalue weighted by Crippen LogP contribution is 2.24. The number of benzene rings is 1. The summed E-state index contributed by atoms with van der Waals surface area (Å²) in [6.45, 7) is 6.82. The van der Waals surface area contributed by atoms with Crippen molar-refractivity contribution in [2.45, 2.75) is 33.2 Å². The number of nitrogens with zero attached hydrogens (tertiary/aromatic N) is 2. The lowest BCUT2D eigenvalue weighted by molar-refractivity contribution is 0.119. The Morgan fingerprint density at radius 1 is 1.26 bits per heavy atom. The lowest BCUT2D eigenvalue weighted by Gasteiger charge is -2.21. The number of anilines is 2. The van der Waals surface area contributed by atoms with Crippen LogP contribution in [-0.4, -0.2) is 42.4 Å². The van der Waals surface area contributed by atoms with Gasteiger partial charge in [0.2, 0.25) is 0 Å². The van der Waals surface area contributed by atoms with E-state index >= 15 is 0 Å². The Morgan fingerprint density at radius 3 is 2.63 bits per heavy atom. The second kappa shape index (κ2) is 9.73. The van der Waals surface area contributed by atoms with E-state index in [2.05, 4.69) is 10.3 Å². The first-order valence-electron chi connectivity index (χ1n) is 8.82. The molecule has 2 aromatic rings. The fourth-order valence-corrected chi connectivity index (χ4v) is 3.31. The first-order valence-corrected chi connectivity index (χ1v) is 9.29. The summed E-state index contributed by atoms with van der Waals surface area (Å²) in [5.74, 6) is 0.276. The predicted molar refractivity (Wildman–Crippen MR) is 113 cm³/mol. The molecule has 0 bridgehead atoms. The van der Waals surface area contributed by atoms with Gasteiger partial charge in [-0.05, 0) is 38.8 Å². The van der Waals surface area contributed by atoms with Gasteiger partial charge in [0.25, 0.3) is 5.56 Å². The molecule has 2 rings (SSSR count). The molecule has 1 aromatic heterocycles. The van der Waals surface area contributed by atoms with Crippen molar-refractivity contribution in [3.63, 3.8) is 0 Å². The lowest BCUT2D eigenvalue weighted by atomic mass is 10.1. The van der Waals surface area contributed by atoms with Gasteiger partial charge >= 0.3 is 0 Å². The number of hydrogen-bond donors (Lipinski definition) is 1. The van der Waals surface area contributed by atoms with E-state index in [-0.39, 0.29) is 17.4 Å². The first kappa shape index (κ1) is 21.2. The largest absolute Gasteiger partial charge is 0.385 e. The lowest BCUT2D eigenvalue weighted by Crippen LogP contribution is -2.31. The minimum atomic E-state index is -0.200. The molecule has 0 aliphatic rings. The molecule has 0 spiro atoms. The van der Waals surface area contributed by atoms with Crippen molar-refractivity contribution in [2.24, 2.45) is 0 Å². The number of nitrogens with one attached hydrogen (secondary N) is 1. The van der Waals surface area contributed by atoms with Gasteiger partial charge in [-0.1, -0.05) is 23.8 Å². The van der Waals surface area contributed by atoms with Gasteiger partial charge in [-0.15, -0.1) is 0 Å². The maximum Gasteiger partial charge on any atom is 0.294 e. The number of aromatic nitrogens is 2. The van der Waals surface area contributed by atoms with Gasteiger partial charge in [0, 0.05) is 38.0 Å². The average Bonchev–Trinajstić information content (AvgIpc) is 2.63. The molecule has 1 heterocycles. The van der Waals surface area contributed by atoms with Crippen LogP contribution in [0.15, 0.2) is 23.1 Å². The Bertz CT molecular complexity index is 864. The maximum atomic E-state index is 13.1. The summed E-state index contributed by atoms with van der Waals surface area (Å²) in [7, 11) is 3.27. The van der Waals surface area contributed by atoms with Crippen LogP contribution >= 0.6 is 12.2 Å². The van der Waals surface area contributed by atoms with Gasteiger partial charge < -0.3 is 19.4 Å². The highest BCUT2D eigenvalue weighted by atomic mass is 32.1. The van der Waals surface area contributed by atoms with Crippen LogP contribution in [-0.2, 0) is 9.47 Å². The number of thiocarbonyl (C=S) groups is 1. The van der Waals surface area contributed by atoms with Gasteiger partial charge in [-0.3, -0.25) is 4.79 Å². The monoisotopic (exact) mass is 389 g/mol. The van der Waals surface area contributed by atoms with Crippen LogP contribution in [0.2, 0.25) is 0 Å². The average molecular weight is 390 g/mol.